The minimum atomic E-state index is -0.0790. The molecule has 0 saturated carbocycles. The van der Waals surface area contributed by atoms with E-state index in [1.807, 2.05) is 30.3 Å². The lowest BCUT2D eigenvalue weighted by Crippen LogP contribution is -2.32. The topological polar surface area (TPSA) is 20.3 Å². The van der Waals surface area contributed by atoms with Crippen molar-refractivity contribution >= 4 is 23.2 Å². The van der Waals surface area contributed by atoms with Crippen molar-refractivity contribution < 1.29 is 4.79 Å². The molecule has 0 saturated heterocycles. The molecule has 1 amide bonds. The van der Waals surface area contributed by atoms with Crippen molar-refractivity contribution in [2.24, 2.45) is 0 Å². The van der Waals surface area contributed by atoms with Crippen molar-refractivity contribution in [3.8, 4) is 0 Å². The van der Waals surface area contributed by atoms with Gasteiger partial charge in [-0.1, -0.05) is 24.3 Å². The fraction of sp³-hybridized carbons (Fsp3) is 0.250. The van der Waals surface area contributed by atoms with Crippen LogP contribution in [0.15, 0.2) is 43.0 Å². The van der Waals surface area contributed by atoms with Gasteiger partial charge in [0.25, 0.3) is 0 Å². The predicted molar refractivity (Wildman–Crippen MR) is 64.3 cm³/mol. The summed E-state index contributed by atoms with van der Waals surface area (Å²) in [5, 5.41) is 0. The van der Waals surface area contributed by atoms with Gasteiger partial charge in [-0.15, -0.1) is 18.2 Å². The highest BCUT2D eigenvalue weighted by atomic mass is 35.5. The van der Waals surface area contributed by atoms with E-state index in [2.05, 4.69) is 6.58 Å². The van der Waals surface area contributed by atoms with Crippen LogP contribution in [0.1, 0.15) is 6.42 Å². The summed E-state index contributed by atoms with van der Waals surface area (Å²) >= 11 is 5.56. The van der Waals surface area contributed by atoms with Crippen LogP contribution in [-0.4, -0.2) is 18.3 Å². The first kappa shape index (κ1) is 11.8. The van der Waals surface area contributed by atoms with Crippen LogP contribution >= 0.6 is 11.6 Å². The van der Waals surface area contributed by atoms with E-state index in [0.29, 0.717) is 6.54 Å². The van der Waals surface area contributed by atoms with Gasteiger partial charge in [-0.25, -0.2) is 0 Å². The van der Waals surface area contributed by atoms with Gasteiger partial charge in [-0.3, -0.25) is 4.79 Å². The third-order valence-electron chi connectivity index (χ3n) is 2.04. The Morgan fingerprint density at radius 3 is 2.60 bits per heavy atom. The van der Waals surface area contributed by atoms with Gasteiger partial charge >= 0.3 is 0 Å². The molecule has 1 rings (SSSR count). The molecule has 0 aliphatic heterocycles. The van der Waals surface area contributed by atoms with Gasteiger partial charge < -0.3 is 4.90 Å². The van der Waals surface area contributed by atoms with E-state index in [1.165, 1.54) is 0 Å². The summed E-state index contributed by atoms with van der Waals surface area (Å²) in [7, 11) is 0. The molecule has 2 nitrogen and oxygen atoms in total. The van der Waals surface area contributed by atoms with Crippen molar-refractivity contribution in [3.05, 3.63) is 43.0 Å². The third kappa shape index (κ3) is 3.40. The van der Waals surface area contributed by atoms with Crippen molar-refractivity contribution in [3.63, 3.8) is 0 Å². The fourth-order valence-corrected chi connectivity index (χ4v) is 1.44. The number of carbonyl (C=O) groups excluding carboxylic acids is 1. The quantitative estimate of drug-likeness (QED) is 0.555. The van der Waals surface area contributed by atoms with E-state index in [-0.39, 0.29) is 11.8 Å². The molecule has 0 heterocycles. The van der Waals surface area contributed by atoms with Crippen LogP contribution in [0.25, 0.3) is 0 Å². The number of amides is 1. The van der Waals surface area contributed by atoms with E-state index in [1.54, 1.807) is 11.0 Å². The number of rotatable bonds is 5. The number of benzene rings is 1. The summed E-state index contributed by atoms with van der Waals surface area (Å²) in [4.78, 5) is 13.3. The Bertz CT molecular complexity index is 324. The van der Waals surface area contributed by atoms with Gasteiger partial charge in [-0.05, 0) is 18.6 Å². The fourth-order valence-electron chi connectivity index (χ4n) is 1.30. The zero-order valence-corrected chi connectivity index (χ0v) is 9.28. The predicted octanol–water partition coefficient (Wildman–Crippen LogP) is 2.83. The lowest BCUT2D eigenvalue weighted by atomic mass is 10.2. The Labute approximate surface area is 95.2 Å². The molecule has 0 spiro atoms. The number of hydrogen-bond donors (Lipinski definition) is 0. The molecule has 0 unspecified atom stereocenters. The highest BCUT2D eigenvalue weighted by Gasteiger charge is 2.12. The van der Waals surface area contributed by atoms with E-state index >= 15 is 0 Å². The zero-order valence-electron chi connectivity index (χ0n) is 8.53. The average molecular weight is 224 g/mol. The lowest BCUT2D eigenvalue weighted by molar-refractivity contribution is -0.116. The molecular formula is C12H14ClNO. The first-order chi connectivity index (χ1) is 7.29. The molecule has 1 aromatic rings. The first-order valence-corrected chi connectivity index (χ1v) is 5.35. The molecule has 1 aromatic carbocycles. The first-order valence-electron chi connectivity index (χ1n) is 4.82. The van der Waals surface area contributed by atoms with Gasteiger partial charge in [0.05, 0.1) is 0 Å². The zero-order chi connectivity index (χ0) is 11.1. The molecule has 0 aliphatic carbocycles. The molecule has 0 bridgehead atoms. The van der Waals surface area contributed by atoms with Crippen LogP contribution < -0.4 is 4.90 Å². The van der Waals surface area contributed by atoms with Crippen LogP contribution in [0.2, 0.25) is 0 Å². The van der Waals surface area contributed by atoms with Crippen LogP contribution in [0.4, 0.5) is 5.69 Å². The Balaban J connectivity index is 2.81. The summed E-state index contributed by atoms with van der Waals surface area (Å²) in [5.41, 5.74) is 0.880. The molecule has 15 heavy (non-hydrogen) atoms. The van der Waals surface area contributed by atoms with Gasteiger partial charge in [0.2, 0.25) is 5.91 Å². The normalized spacial score (nSPS) is 9.67. The highest BCUT2D eigenvalue weighted by Crippen LogP contribution is 2.14. The van der Waals surface area contributed by atoms with Crippen molar-refractivity contribution in [2.75, 3.05) is 17.3 Å². The highest BCUT2D eigenvalue weighted by molar-refractivity contribution is 6.29. The monoisotopic (exact) mass is 223 g/mol. The summed E-state index contributed by atoms with van der Waals surface area (Å²) in [6, 6.07) is 9.51. The second-order valence-electron chi connectivity index (χ2n) is 3.09. The number of nitrogens with zero attached hydrogens (tertiary/aromatic N) is 1. The Kier molecular flexibility index (Phi) is 4.91. The maximum atomic E-state index is 11.6. The van der Waals surface area contributed by atoms with E-state index in [4.69, 9.17) is 11.6 Å². The standard InChI is InChI=1S/C12H14ClNO/c1-2-3-9-14(12(15)10-13)11-7-5-4-6-8-11/h2,4-8H,1,3,9-10H2. The second kappa shape index (κ2) is 6.25. The van der Waals surface area contributed by atoms with Crippen molar-refractivity contribution in [1.82, 2.24) is 0 Å². The Hall–Kier alpha value is -1.28. The Morgan fingerprint density at radius 1 is 1.40 bits per heavy atom. The number of hydrogen-bond acceptors (Lipinski definition) is 1. The molecule has 0 aromatic heterocycles. The van der Waals surface area contributed by atoms with E-state index in [9.17, 15) is 4.79 Å². The SMILES string of the molecule is C=CCCN(C(=O)CCl)c1ccccc1. The van der Waals surface area contributed by atoms with Crippen LogP contribution in [0.5, 0.6) is 0 Å². The van der Waals surface area contributed by atoms with Crippen molar-refractivity contribution in [2.45, 2.75) is 6.42 Å². The summed E-state index contributed by atoms with van der Waals surface area (Å²) in [6.45, 7) is 4.26. The molecule has 0 fully saturated rings. The smallest absolute Gasteiger partial charge is 0.241 e. The number of anilines is 1. The maximum Gasteiger partial charge on any atom is 0.241 e. The van der Waals surface area contributed by atoms with Gasteiger partial charge in [0, 0.05) is 12.2 Å². The van der Waals surface area contributed by atoms with Crippen LogP contribution in [0.3, 0.4) is 0 Å². The van der Waals surface area contributed by atoms with Gasteiger partial charge in [-0.2, -0.15) is 0 Å². The minimum absolute atomic E-state index is 0.00599. The summed E-state index contributed by atoms with van der Waals surface area (Å²) < 4.78 is 0. The molecule has 0 aliphatic rings. The Morgan fingerprint density at radius 2 is 2.07 bits per heavy atom. The third-order valence-corrected chi connectivity index (χ3v) is 2.27. The average Bonchev–Trinajstić information content (AvgIpc) is 2.30. The van der Waals surface area contributed by atoms with E-state index in [0.717, 1.165) is 12.1 Å². The molecule has 80 valence electrons. The molecular weight excluding hydrogens is 210 g/mol. The second-order valence-corrected chi connectivity index (χ2v) is 3.36. The number of para-hydroxylation sites is 1. The van der Waals surface area contributed by atoms with E-state index < -0.39 is 0 Å². The van der Waals surface area contributed by atoms with Gasteiger partial charge in [0.1, 0.15) is 5.88 Å². The molecule has 3 heteroatoms. The molecule has 0 atom stereocenters. The summed E-state index contributed by atoms with van der Waals surface area (Å²) in [5.74, 6) is -0.0730. The summed E-state index contributed by atoms with van der Waals surface area (Å²) in [6.07, 6.45) is 2.55. The van der Waals surface area contributed by atoms with Crippen LogP contribution in [-0.2, 0) is 4.79 Å². The number of carbonyl (C=O) groups is 1. The number of alkyl halides is 1. The minimum Gasteiger partial charge on any atom is -0.311 e. The number of halogens is 1. The maximum absolute atomic E-state index is 11.6. The lowest BCUT2D eigenvalue weighted by Gasteiger charge is -2.21. The van der Waals surface area contributed by atoms with Crippen LogP contribution in [0, 0.1) is 0 Å². The van der Waals surface area contributed by atoms with Crippen molar-refractivity contribution in [1.29, 1.82) is 0 Å². The molecule has 0 radical (unpaired) electrons. The van der Waals surface area contributed by atoms with Gasteiger partial charge in [0.15, 0.2) is 0 Å². The molecule has 0 N–H and O–H groups in total. The largest absolute Gasteiger partial charge is 0.311 e.